The van der Waals surface area contributed by atoms with Crippen molar-refractivity contribution in [3.63, 3.8) is 0 Å². The number of rotatable bonds is 5. The normalized spacial score (nSPS) is 16.8. The number of nitrogens with one attached hydrogen (secondary N) is 2. The second kappa shape index (κ2) is 7.79. The maximum atomic E-state index is 12.0. The third-order valence-corrected chi connectivity index (χ3v) is 4.43. The summed E-state index contributed by atoms with van der Waals surface area (Å²) < 4.78 is 5.46. The van der Waals surface area contributed by atoms with Crippen LogP contribution in [-0.4, -0.2) is 35.1 Å². The second-order valence-corrected chi connectivity index (χ2v) is 6.14. The number of amides is 1. The minimum absolute atomic E-state index is 0.0906. The van der Waals surface area contributed by atoms with E-state index in [1.54, 1.807) is 18.2 Å². The minimum atomic E-state index is -0.273. The van der Waals surface area contributed by atoms with E-state index in [1.165, 1.54) is 12.4 Å². The summed E-state index contributed by atoms with van der Waals surface area (Å²) in [4.78, 5) is 20.3. The summed E-state index contributed by atoms with van der Waals surface area (Å²) >= 11 is 12.1. The Morgan fingerprint density at radius 2 is 2.17 bits per heavy atom. The van der Waals surface area contributed by atoms with Crippen molar-refractivity contribution in [1.29, 1.82) is 0 Å². The molecule has 0 bridgehead atoms. The van der Waals surface area contributed by atoms with E-state index in [9.17, 15) is 4.79 Å². The molecule has 1 aromatic heterocycles. The molecule has 1 unspecified atom stereocenters. The number of carbonyl (C=O) groups is 1. The monoisotopic (exact) mass is 366 g/mol. The molecular weight excluding hydrogens is 351 g/mol. The molecule has 2 N–H and O–H groups in total. The first-order chi connectivity index (χ1) is 11.6. The van der Waals surface area contributed by atoms with Crippen LogP contribution in [0.3, 0.4) is 0 Å². The van der Waals surface area contributed by atoms with Crippen LogP contribution in [0.5, 0.6) is 0 Å². The molecule has 0 spiro atoms. The van der Waals surface area contributed by atoms with Gasteiger partial charge in [-0.2, -0.15) is 0 Å². The first-order valence-corrected chi connectivity index (χ1v) is 8.32. The number of benzene rings is 1. The lowest BCUT2D eigenvalue weighted by Gasteiger charge is -2.11. The van der Waals surface area contributed by atoms with Crippen LogP contribution in [0.1, 0.15) is 23.3 Å². The molecule has 1 fully saturated rings. The van der Waals surface area contributed by atoms with Crippen LogP contribution in [0.25, 0.3) is 0 Å². The molecule has 6 nitrogen and oxygen atoms in total. The fraction of sp³-hybridized carbons (Fsp3) is 0.312. The molecular formula is C16H16Cl2N4O2. The number of aromatic nitrogens is 2. The second-order valence-electron chi connectivity index (χ2n) is 5.36. The highest BCUT2D eigenvalue weighted by atomic mass is 35.5. The van der Waals surface area contributed by atoms with Crippen LogP contribution < -0.4 is 10.6 Å². The first kappa shape index (κ1) is 17.0. The number of carbonyl (C=O) groups excluding carboxylic acids is 1. The zero-order valence-electron chi connectivity index (χ0n) is 12.8. The lowest BCUT2D eigenvalue weighted by atomic mass is 10.2. The van der Waals surface area contributed by atoms with Crippen molar-refractivity contribution < 1.29 is 9.53 Å². The Morgan fingerprint density at radius 3 is 2.88 bits per heavy atom. The van der Waals surface area contributed by atoms with Crippen LogP contribution in [-0.2, 0) is 4.74 Å². The molecule has 1 aromatic carbocycles. The number of nitrogens with zero attached hydrogens (tertiary/aromatic N) is 2. The molecule has 3 rings (SSSR count). The molecule has 24 heavy (non-hydrogen) atoms. The standard InChI is InChI=1S/C16H16Cl2N4O2/c17-11-4-1-5-12(15(11)18)22-14-9-19-13(8-20-14)16(23)21-7-10-3-2-6-24-10/h1,4-5,8-10H,2-3,6-7H2,(H,20,22)(H,21,23). The van der Waals surface area contributed by atoms with Gasteiger partial charge in [-0.1, -0.05) is 29.3 Å². The van der Waals surface area contributed by atoms with Gasteiger partial charge in [0.15, 0.2) is 0 Å². The van der Waals surface area contributed by atoms with Crippen LogP contribution in [0, 0.1) is 0 Å². The molecule has 2 heterocycles. The minimum Gasteiger partial charge on any atom is -0.376 e. The van der Waals surface area contributed by atoms with E-state index in [1.807, 2.05) is 0 Å². The number of ether oxygens (including phenoxy) is 1. The Labute approximate surface area is 149 Å². The van der Waals surface area contributed by atoms with E-state index in [-0.39, 0.29) is 17.7 Å². The largest absolute Gasteiger partial charge is 0.376 e. The predicted molar refractivity (Wildman–Crippen MR) is 93.1 cm³/mol. The number of halogens is 2. The Balaban J connectivity index is 1.60. The number of hydrogen-bond acceptors (Lipinski definition) is 5. The molecule has 0 saturated carbocycles. The van der Waals surface area contributed by atoms with Crippen molar-refractivity contribution in [3.8, 4) is 0 Å². The van der Waals surface area contributed by atoms with Gasteiger partial charge in [-0.15, -0.1) is 0 Å². The van der Waals surface area contributed by atoms with Crippen molar-refractivity contribution >= 4 is 40.6 Å². The van der Waals surface area contributed by atoms with Gasteiger partial charge < -0.3 is 15.4 Å². The fourth-order valence-corrected chi connectivity index (χ4v) is 2.70. The summed E-state index contributed by atoms with van der Waals surface area (Å²) in [6.07, 6.45) is 4.97. The molecule has 2 aromatic rings. The lowest BCUT2D eigenvalue weighted by Crippen LogP contribution is -2.32. The average molecular weight is 367 g/mol. The molecule has 0 aliphatic carbocycles. The molecule has 1 amide bonds. The van der Waals surface area contributed by atoms with Crippen LogP contribution >= 0.6 is 23.2 Å². The van der Waals surface area contributed by atoms with E-state index in [2.05, 4.69) is 20.6 Å². The maximum absolute atomic E-state index is 12.0. The topological polar surface area (TPSA) is 76.1 Å². The molecule has 1 saturated heterocycles. The van der Waals surface area contributed by atoms with Crippen LogP contribution in [0.2, 0.25) is 10.0 Å². The fourth-order valence-electron chi connectivity index (χ4n) is 2.35. The van der Waals surface area contributed by atoms with Crippen LogP contribution in [0.4, 0.5) is 11.5 Å². The van der Waals surface area contributed by atoms with Crippen molar-refractivity contribution in [2.24, 2.45) is 0 Å². The highest BCUT2D eigenvalue weighted by Crippen LogP contribution is 2.31. The van der Waals surface area contributed by atoms with Gasteiger partial charge in [0.2, 0.25) is 0 Å². The van der Waals surface area contributed by atoms with E-state index in [4.69, 9.17) is 27.9 Å². The maximum Gasteiger partial charge on any atom is 0.271 e. The third-order valence-electron chi connectivity index (χ3n) is 3.61. The average Bonchev–Trinajstić information content (AvgIpc) is 3.11. The molecule has 1 aliphatic heterocycles. The molecule has 1 atom stereocenters. The Hall–Kier alpha value is -1.89. The highest BCUT2D eigenvalue weighted by molar-refractivity contribution is 6.43. The van der Waals surface area contributed by atoms with Gasteiger partial charge >= 0.3 is 0 Å². The first-order valence-electron chi connectivity index (χ1n) is 7.56. The van der Waals surface area contributed by atoms with Crippen molar-refractivity contribution in [3.05, 3.63) is 46.3 Å². The molecule has 126 valence electrons. The quantitative estimate of drug-likeness (QED) is 0.847. The third kappa shape index (κ3) is 4.14. The number of anilines is 2. The SMILES string of the molecule is O=C(NCC1CCCO1)c1cnc(Nc2cccc(Cl)c2Cl)cn1. The summed E-state index contributed by atoms with van der Waals surface area (Å²) in [6.45, 7) is 1.24. The summed E-state index contributed by atoms with van der Waals surface area (Å²) in [5, 5.41) is 6.66. The summed E-state index contributed by atoms with van der Waals surface area (Å²) in [5.74, 6) is 0.195. The summed E-state index contributed by atoms with van der Waals surface area (Å²) in [5.41, 5.74) is 0.866. The van der Waals surface area contributed by atoms with Gasteiger partial charge in [-0.05, 0) is 25.0 Å². The highest BCUT2D eigenvalue weighted by Gasteiger charge is 2.17. The van der Waals surface area contributed by atoms with Gasteiger partial charge in [0.25, 0.3) is 5.91 Å². The van der Waals surface area contributed by atoms with E-state index in [0.29, 0.717) is 28.1 Å². The van der Waals surface area contributed by atoms with Gasteiger partial charge in [0, 0.05) is 13.2 Å². The molecule has 0 radical (unpaired) electrons. The van der Waals surface area contributed by atoms with Crippen molar-refractivity contribution in [2.45, 2.75) is 18.9 Å². The molecule has 8 heteroatoms. The van der Waals surface area contributed by atoms with Crippen molar-refractivity contribution in [2.75, 3.05) is 18.5 Å². The zero-order chi connectivity index (χ0) is 16.9. The Morgan fingerprint density at radius 1 is 1.29 bits per heavy atom. The zero-order valence-corrected chi connectivity index (χ0v) is 14.3. The summed E-state index contributed by atoms with van der Waals surface area (Å²) in [7, 11) is 0. The van der Waals surface area contributed by atoms with E-state index < -0.39 is 0 Å². The number of hydrogen-bond donors (Lipinski definition) is 2. The predicted octanol–water partition coefficient (Wildman–Crippen LogP) is 3.44. The van der Waals surface area contributed by atoms with Gasteiger partial charge in [0.1, 0.15) is 11.5 Å². The Kier molecular flexibility index (Phi) is 5.50. The lowest BCUT2D eigenvalue weighted by molar-refractivity contribution is 0.0853. The molecule has 1 aliphatic rings. The smallest absolute Gasteiger partial charge is 0.271 e. The van der Waals surface area contributed by atoms with Gasteiger partial charge in [-0.3, -0.25) is 4.79 Å². The summed E-state index contributed by atoms with van der Waals surface area (Å²) in [6, 6.07) is 5.25. The van der Waals surface area contributed by atoms with Crippen molar-refractivity contribution in [1.82, 2.24) is 15.3 Å². The van der Waals surface area contributed by atoms with Gasteiger partial charge in [0.05, 0.1) is 34.2 Å². The Bertz CT molecular complexity index is 719. The van der Waals surface area contributed by atoms with Crippen LogP contribution in [0.15, 0.2) is 30.6 Å². The van der Waals surface area contributed by atoms with E-state index >= 15 is 0 Å². The van der Waals surface area contributed by atoms with E-state index in [0.717, 1.165) is 19.4 Å². The van der Waals surface area contributed by atoms with Gasteiger partial charge in [-0.25, -0.2) is 9.97 Å².